The minimum Gasteiger partial charge on any atom is -0.445 e. The lowest BCUT2D eigenvalue weighted by molar-refractivity contribution is -0.253. The van der Waals surface area contributed by atoms with E-state index in [2.05, 4.69) is 85.4 Å². The second-order valence-electron chi connectivity index (χ2n) is 11.4. The molecular weight excluding hydrogens is 564 g/mol. The van der Waals surface area contributed by atoms with Crippen molar-refractivity contribution in [1.82, 2.24) is 10.2 Å². The van der Waals surface area contributed by atoms with Gasteiger partial charge in [-0.05, 0) is 53.4 Å². The molecule has 7 heteroatoms. The monoisotopic (exact) mass is 606 g/mol. The Morgan fingerprint density at radius 3 is 2.40 bits per heavy atom. The molecule has 1 saturated heterocycles. The van der Waals surface area contributed by atoms with Crippen LogP contribution in [-0.4, -0.2) is 42.4 Å². The molecule has 2 N–H and O–H groups in total. The summed E-state index contributed by atoms with van der Waals surface area (Å²) < 4.78 is 18.2. The quantitative estimate of drug-likeness (QED) is 0.163. The summed E-state index contributed by atoms with van der Waals surface area (Å²) in [6.45, 7) is 7.08. The topological polar surface area (TPSA) is 80.3 Å². The number of aliphatic hydroxyl groups excluding tert-OH is 1. The first-order chi connectivity index (χ1) is 21.9. The van der Waals surface area contributed by atoms with Gasteiger partial charge in [0.05, 0.1) is 18.8 Å². The maximum absolute atomic E-state index is 11.8. The van der Waals surface area contributed by atoms with Gasteiger partial charge in [0.2, 0.25) is 0 Å². The predicted octanol–water partition coefficient (Wildman–Crippen LogP) is 7.50. The lowest BCUT2D eigenvalue weighted by Crippen LogP contribution is -2.38. The Kier molecular flexibility index (Phi) is 11.2. The van der Waals surface area contributed by atoms with Crippen LogP contribution in [0.2, 0.25) is 0 Å². The molecule has 1 aliphatic rings. The third-order valence-corrected chi connectivity index (χ3v) is 8.26. The molecular formula is C38H42N2O5. The number of ether oxygens (including phenoxy) is 3. The number of nitrogens with one attached hydrogen (secondary N) is 1. The number of amides is 1. The normalized spacial score (nSPS) is 18.7. The molecule has 234 valence electrons. The summed E-state index contributed by atoms with van der Waals surface area (Å²) in [5.74, 6) is 0. The molecule has 1 heterocycles. The number of likely N-dealkylation sites (N-methyl/N-ethyl adjacent to an activating group) is 1. The van der Waals surface area contributed by atoms with Gasteiger partial charge in [0.1, 0.15) is 6.61 Å². The molecule has 4 aromatic carbocycles. The first-order valence-corrected chi connectivity index (χ1v) is 15.4. The Morgan fingerprint density at radius 1 is 0.956 bits per heavy atom. The van der Waals surface area contributed by atoms with Crippen molar-refractivity contribution in [3.63, 3.8) is 0 Å². The van der Waals surface area contributed by atoms with Gasteiger partial charge in [-0.2, -0.15) is 0 Å². The van der Waals surface area contributed by atoms with Crippen LogP contribution in [0, 0.1) is 0 Å². The average Bonchev–Trinajstić information content (AvgIpc) is 3.10. The second-order valence-corrected chi connectivity index (χ2v) is 11.4. The van der Waals surface area contributed by atoms with Crippen LogP contribution in [0.25, 0.3) is 11.1 Å². The van der Waals surface area contributed by atoms with E-state index >= 15 is 0 Å². The fourth-order valence-electron chi connectivity index (χ4n) is 5.55. The Hall–Kier alpha value is -4.27. The number of hydrogen-bond acceptors (Lipinski definition) is 6. The Bertz CT molecular complexity index is 1520. The molecule has 45 heavy (non-hydrogen) atoms. The number of hydrogen-bond donors (Lipinski definition) is 2. The first kappa shape index (κ1) is 32.1. The average molecular weight is 607 g/mol. The first-order valence-electron chi connectivity index (χ1n) is 15.4. The number of benzene rings is 4. The highest BCUT2D eigenvalue weighted by molar-refractivity contribution is 5.68. The van der Waals surface area contributed by atoms with Crippen LogP contribution in [-0.2, 0) is 27.4 Å². The van der Waals surface area contributed by atoms with E-state index in [1.54, 1.807) is 0 Å². The van der Waals surface area contributed by atoms with Gasteiger partial charge in [0, 0.05) is 31.1 Å². The van der Waals surface area contributed by atoms with Crippen molar-refractivity contribution >= 4 is 6.09 Å². The highest BCUT2D eigenvalue weighted by Gasteiger charge is 2.33. The summed E-state index contributed by atoms with van der Waals surface area (Å²) in [7, 11) is 2.14. The Labute approximate surface area is 266 Å². The number of aliphatic hydroxyl groups is 1. The van der Waals surface area contributed by atoms with E-state index in [0.29, 0.717) is 6.54 Å². The van der Waals surface area contributed by atoms with E-state index in [0.717, 1.165) is 46.3 Å². The zero-order chi connectivity index (χ0) is 31.6. The number of carbonyl (C=O) groups excluding carboxylic acids is 1. The lowest BCUT2D eigenvalue weighted by Gasteiger charge is -2.39. The van der Waals surface area contributed by atoms with Gasteiger partial charge in [-0.15, -0.1) is 0 Å². The SMILES string of the molecule is C=CCOC(=O)NCc1cccc(-c2ccc([C@H]3O[C@@H](CN(C)[C@@H](C)c4ccccc4)C[C@@H](c4ccc(CO)cc4)O3)cc2)c1. The van der Waals surface area contributed by atoms with E-state index in [1.807, 2.05) is 48.5 Å². The third kappa shape index (κ3) is 8.68. The second kappa shape index (κ2) is 15.6. The van der Waals surface area contributed by atoms with E-state index in [-0.39, 0.29) is 31.5 Å². The Morgan fingerprint density at radius 2 is 1.69 bits per heavy atom. The zero-order valence-corrected chi connectivity index (χ0v) is 26.0. The maximum atomic E-state index is 11.8. The summed E-state index contributed by atoms with van der Waals surface area (Å²) in [6, 6.07) is 35.0. The summed E-state index contributed by atoms with van der Waals surface area (Å²) in [6.07, 6.45) is 1.05. The number of carbonyl (C=O) groups is 1. The van der Waals surface area contributed by atoms with Crippen LogP contribution < -0.4 is 5.32 Å². The standard InChI is InChI=1S/C38H42N2O5/c1-4-21-43-38(42)39-24-29-9-8-12-34(22-29)31-17-19-33(20-18-31)37-44-35(25-40(3)27(2)30-10-6-5-7-11-30)23-36(45-37)32-15-13-28(26-41)14-16-32/h4-20,22,27,35-37,41H,1,21,23-26H2,2-3H3,(H,39,42)/t27-,35+,36-,37-/m0/s1. The molecule has 0 radical (unpaired) electrons. The van der Waals surface area contributed by atoms with Gasteiger partial charge in [-0.25, -0.2) is 4.79 Å². The molecule has 4 aromatic rings. The van der Waals surface area contributed by atoms with Gasteiger partial charge in [-0.3, -0.25) is 4.90 Å². The number of nitrogens with zero attached hydrogens (tertiary/aromatic N) is 1. The molecule has 0 bridgehead atoms. The van der Waals surface area contributed by atoms with E-state index in [9.17, 15) is 9.90 Å². The highest BCUT2D eigenvalue weighted by Crippen LogP contribution is 2.39. The van der Waals surface area contributed by atoms with Crippen molar-refractivity contribution in [2.75, 3.05) is 20.2 Å². The molecule has 0 spiro atoms. The minimum atomic E-state index is -0.530. The van der Waals surface area contributed by atoms with Gasteiger partial charge in [-0.1, -0.05) is 110 Å². The predicted molar refractivity (Wildman–Crippen MR) is 176 cm³/mol. The van der Waals surface area contributed by atoms with Gasteiger partial charge < -0.3 is 24.6 Å². The van der Waals surface area contributed by atoms with Crippen LogP contribution in [0.3, 0.4) is 0 Å². The largest absolute Gasteiger partial charge is 0.445 e. The van der Waals surface area contributed by atoms with Gasteiger partial charge in [0.25, 0.3) is 0 Å². The van der Waals surface area contributed by atoms with E-state index in [1.165, 1.54) is 11.6 Å². The van der Waals surface area contributed by atoms with Crippen molar-refractivity contribution in [2.24, 2.45) is 0 Å². The molecule has 1 amide bonds. The molecule has 1 fully saturated rings. The fourth-order valence-corrected chi connectivity index (χ4v) is 5.55. The van der Waals surface area contributed by atoms with Crippen molar-refractivity contribution in [2.45, 2.75) is 51.0 Å². The Balaban J connectivity index is 1.31. The van der Waals surface area contributed by atoms with E-state index in [4.69, 9.17) is 14.2 Å². The summed E-state index contributed by atoms with van der Waals surface area (Å²) in [4.78, 5) is 14.2. The van der Waals surface area contributed by atoms with Crippen LogP contribution in [0.15, 0.2) is 116 Å². The fraction of sp³-hybridized carbons (Fsp3) is 0.289. The molecule has 0 unspecified atom stereocenters. The van der Waals surface area contributed by atoms with Crippen molar-refractivity contribution in [1.29, 1.82) is 0 Å². The number of alkyl carbamates (subject to hydrolysis) is 1. The maximum Gasteiger partial charge on any atom is 0.407 e. The molecule has 0 saturated carbocycles. The molecule has 7 nitrogen and oxygen atoms in total. The molecule has 4 atom stereocenters. The lowest BCUT2D eigenvalue weighted by atomic mass is 9.98. The van der Waals surface area contributed by atoms with Crippen molar-refractivity contribution < 1.29 is 24.1 Å². The number of rotatable bonds is 12. The van der Waals surface area contributed by atoms with Gasteiger partial charge >= 0.3 is 6.09 Å². The minimum absolute atomic E-state index is 0.0103. The van der Waals surface area contributed by atoms with Crippen molar-refractivity contribution in [3.05, 3.63) is 144 Å². The van der Waals surface area contributed by atoms with Crippen LogP contribution >= 0.6 is 0 Å². The summed E-state index contributed by atoms with van der Waals surface area (Å²) in [5, 5.41) is 12.3. The van der Waals surface area contributed by atoms with Crippen LogP contribution in [0.5, 0.6) is 0 Å². The third-order valence-electron chi connectivity index (χ3n) is 8.26. The highest BCUT2D eigenvalue weighted by atomic mass is 16.7. The van der Waals surface area contributed by atoms with E-state index < -0.39 is 12.4 Å². The van der Waals surface area contributed by atoms with Crippen molar-refractivity contribution in [3.8, 4) is 11.1 Å². The molecule has 0 aliphatic carbocycles. The molecule has 5 rings (SSSR count). The van der Waals surface area contributed by atoms with Gasteiger partial charge in [0.15, 0.2) is 6.29 Å². The summed E-state index contributed by atoms with van der Waals surface area (Å²) in [5.41, 5.74) is 7.22. The smallest absolute Gasteiger partial charge is 0.407 e. The van der Waals surface area contributed by atoms with Crippen LogP contribution in [0.4, 0.5) is 4.79 Å². The zero-order valence-electron chi connectivity index (χ0n) is 26.0. The molecule has 0 aromatic heterocycles. The van der Waals surface area contributed by atoms with Crippen LogP contribution in [0.1, 0.15) is 59.6 Å². The summed E-state index contributed by atoms with van der Waals surface area (Å²) >= 11 is 0. The molecule has 1 aliphatic heterocycles.